The zero-order valence-electron chi connectivity index (χ0n) is 20.4. The van der Waals surface area contributed by atoms with Crippen molar-refractivity contribution in [3.63, 3.8) is 0 Å². The standard InChI is InChI=1S/C29H28N4O2/c1-29(2,3)20-11-13-21(14-12-20)31-27-23-9-6-5-8-22(23)25(32-33-27)17-19-16-24(26-10-7-15-35-26)28(34-4)30-18-19/h5-16,18H,17H2,1-4H3,(H,31,33). The Morgan fingerprint density at radius 2 is 1.69 bits per heavy atom. The van der Waals surface area contributed by atoms with Crippen molar-refractivity contribution in [3.05, 3.63) is 96.0 Å². The third-order valence-electron chi connectivity index (χ3n) is 6.04. The van der Waals surface area contributed by atoms with Gasteiger partial charge in [-0.25, -0.2) is 4.98 Å². The molecule has 0 spiro atoms. The first-order chi connectivity index (χ1) is 16.9. The zero-order valence-corrected chi connectivity index (χ0v) is 20.4. The van der Waals surface area contributed by atoms with Gasteiger partial charge in [0, 0.05) is 29.1 Å². The molecule has 3 heterocycles. The summed E-state index contributed by atoms with van der Waals surface area (Å²) in [4.78, 5) is 4.48. The van der Waals surface area contributed by atoms with E-state index in [-0.39, 0.29) is 5.41 Å². The van der Waals surface area contributed by atoms with E-state index < -0.39 is 0 Å². The number of nitrogens with zero attached hydrogens (tertiary/aromatic N) is 3. The van der Waals surface area contributed by atoms with Gasteiger partial charge in [0.15, 0.2) is 5.82 Å². The molecule has 5 rings (SSSR count). The maximum absolute atomic E-state index is 5.58. The highest BCUT2D eigenvalue weighted by atomic mass is 16.5. The van der Waals surface area contributed by atoms with Crippen LogP contribution in [0.4, 0.5) is 11.5 Å². The molecule has 3 aromatic heterocycles. The summed E-state index contributed by atoms with van der Waals surface area (Å²) >= 11 is 0. The number of aromatic nitrogens is 3. The minimum atomic E-state index is 0.111. The van der Waals surface area contributed by atoms with Gasteiger partial charge in [0.1, 0.15) is 5.76 Å². The molecule has 0 saturated carbocycles. The number of anilines is 2. The Hall–Kier alpha value is -4.19. The predicted molar refractivity (Wildman–Crippen MR) is 139 cm³/mol. The molecular weight excluding hydrogens is 436 g/mol. The van der Waals surface area contributed by atoms with Crippen molar-refractivity contribution in [2.24, 2.45) is 0 Å². The van der Waals surface area contributed by atoms with Crippen molar-refractivity contribution in [1.29, 1.82) is 0 Å². The molecule has 5 aromatic rings. The van der Waals surface area contributed by atoms with Gasteiger partial charge in [0.05, 0.1) is 24.6 Å². The lowest BCUT2D eigenvalue weighted by Crippen LogP contribution is -2.10. The molecule has 2 aromatic carbocycles. The smallest absolute Gasteiger partial charge is 0.224 e. The highest BCUT2D eigenvalue weighted by Crippen LogP contribution is 2.32. The maximum Gasteiger partial charge on any atom is 0.224 e. The van der Waals surface area contributed by atoms with E-state index in [1.165, 1.54) is 5.56 Å². The lowest BCUT2D eigenvalue weighted by Gasteiger charge is -2.19. The van der Waals surface area contributed by atoms with Gasteiger partial charge in [-0.3, -0.25) is 0 Å². The molecule has 6 nitrogen and oxygen atoms in total. The van der Waals surface area contributed by atoms with Crippen molar-refractivity contribution in [2.75, 3.05) is 12.4 Å². The Bertz CT molecular complexity index is 1450. The monoisotopic (exact) mass is 464 g/mol. The van der Waals surface area contributed by atoms with Gasteiger partial charge in [-0.15, -0.1) is 5.10 Å². The van der Waals surface area contributed by atoms with Gasteiger partial charge >= 0.3 is 0 Å². The van der Waals surface area contributed by atoms with E-state index in [4.69, 9.17) is 9.15 Å². The van der Waals surface area contributed by atoms with Gasteiger partial charge in [0.25, 0.3) is 0 Å². The molecule has 0 saturated heterocycles. The maximum atomic E-state index is 5.58. The summed E-state index contributed by atoms with van der Waals surface area (Å²) in [5.41, 5.74) is 5.06. The molecule has 0 aliphatic heterocycles. The molecule has 0 aliphatic rings. The van der Waals surface area contributed by atoms with E-state index in [0.29, 0.717) is 18.1 Å². The Balaban J connectivity index is 1.46. The van der Waals surface area contributed by atoms with Crippen LogP contribution in [0.3, 0.4) is 0 Å². The first kappa shape index (κ1) is 22.6. The highest BCUT2D eigenvalue weighted by Gasteiger charge is 2.16. The molecule has 1 N–H and O–H groups in total. The molecule has 0 fully saturated rings. The molecular formula is C29H28N4O2. The quantitative estimate of drug-likeness (QED) is 0.294. The van der Waals surface area contributed by atoms with E-state index in [1.54, 1.807) is 13.4 Å². The SMILES string of the molecule is COc1ncc(Cc2nnc(Nc3ccc(C(C)(C)C)cc3)c3ccccc23)cc1-c1ccco1. The summed E-state index contributed by atoms with van der Waals surface area (Å²) in [6, 6.07) is 22.5. The van der Waals surface area contributed by atoms with Gasteiger partial charge in [-0.05, 0) is 46.9 Å². The van der Waals surface area contributed by atoms with Crippen LogP contribution in [0, 0.1) is 0 Å². The van der Waals surface area contributed by atoms with Crippen molar-refractivity contribution in [1.82, 2.24) is 15.2 Å². The van der Waals surface area contributed by atoms with Crippen LogP contribution in [-0.2, 0) is 11.8 Å². The third-order valence-corrected chi connectivity index (χ3v) is 6.04. The lowest BCUT2D eigenvalue weighted by molar-refractivity contribution is 0.397. The molecule has 0 aliphatic carbocycles. The number of hydrogen-bond donors (Lipinski definition) is 1. The molecule has 0 amide bonds. The van der Waals surface area contributed by atoms with Crippen molar-refractivity contribution in [2.45, 2.75) is 32.6 Å². The average Bonchev–Trinajstić information content (AvgIpc) is 3.40. The zero-order chi connectivity index (χ0) is 24.4. The van der Waals surface area contributed by atoms with Crippen LogP contribution in [0.2, 0.25) is 0 Å². The van der Waals surface area contributed by atoms with Crippen molar-refractivity contribution < 1.29 is 9.15 Å². The van der Waals surface area contributed by atoms with Crippen molar-refractivity contribution in [3.8, 4) is 17.2 Å². The minimum Gasteiger partial charge on any atom is -0.480 e. The first-order valence-corrected chi connectivity index (χ1v) is 11.6. The van der Waals surface area contributed by atoms with E-state index in [2.05, 4.69) is 77.7 Å². The van der Waals surface area contributed by atoms with Crippen LogP contribution in [0.5, 0.6) is 5.88 Å². The Kier molecular flexibility index (Phi) is 5.95. The van der Waals surface area contributed by atoms with Gasteiger partial charge in [0.2, 0.25) is 5.88 Å². The molecule has 35 heavy (non-hydrogen) atoms. The van der Waals surface area contributed by atoms with Gasteiger partial charge in [-0.1, -0.05) is 57.2 Å². The van der Waals surface area contributed by atoms with E-state index in [0.717, 1.165) is 39.1 Å². The van der Waals surface area contributed by atoms with Gasteiger partial charge in [-0.2, -0.15) is 5.10 Å². The van der Waals surface area contributed by atoms with E-state index in [9.17, 15) is 0 Å². The summed E-state index contributed by atoms with van der Waals surface area (Å²) in [7, 11) is 1.61. The predicted octanol–water partition coefficient (Wildman–Crippen LogP) is 6.93. The van der Waals surface area contributed by atoms with Crippen LogP contribution in [0.1, 0.15) is 37.6 Å². The molecule has 0 atom stereocenters. The van der Waals surface area contributed by atoms with Crippen LogP contribution < -0.4 is 10.1 Å². The summed E-state index contributed by atoms with van der Waals surface area (Å²) in [5, 5.41) is 14.7. The van der Waals surface area contributed by atoms with E-state index >= 15 is 0 Å². The molecule has 6 heteroatoms. The fourth-order valence-corrected chi connectivity index (χ4v) is 4.13. The summed E-state index contributed by atoms with van der Waals surface area (Å²) in [5.74, 6) is 1.97. The fourth-order valence-electron chi connectivity index (χ4n) is 4.13. The number of furan rings is 1. The minimum absolute atomic E-state index is 0.111. The number of benzene rings is 2. The van der Waals surface area contributed by atoms with Crippen molar-refractivity contribution >= 4 is 22.3 Å². The number of fused-ring (bicyclic) bond motifs is 1. The average molecular weight is 465 g/mol. The summed E-state index contributed by atoms with van der Waals surface area (Å²) < 4.78 is 11.0. The van der Waals surface area contributed by atoms with Crippen LogP contribution in [0.25, 0.3) is 22.1 Å². The van der Waals surface area contributed by atoms with E-state index in [1.807, 2.05) is 36.5 Å². The number of nitrogens with one attached hydrogen (secondary N) is 1. The van der Waals surface area contributed by atoms with Gasteiger partial charge < -0.3 is 14.5 Å². The van der Waals surface area contributed by atoms with Crippen LogP contribution >= 0.6 is 0 Å². The summed E-state index contributed by atoms with van der Waals surface area (Å²) in [6.07, 6.45) is 4.03. The first-order valence-electron chi connectivity index (χ1n) is 11.6. The normalized spacial score (nSPS) is 11.5. The second-order valence-electron chi connectivity index (χ2n) is 9.55. The molecule has 0 radical (unpaired) electrons. The number of hydrogen-bond acceptors (Lipinski definition) is 6. The number of rotatable bonds is 6. The highest BCUT2D eigenvalue weighted by molar-refractivity contribution is 5.94. The molecule has 176 valence electrons. The lowest BCUT2D eigenvalue weighted by atomic mass is 9.87. The number of methoxy groups -OCH3 is 1. The Morgan fingerprint density at radius 1 is 0.914 bits per heavy atom. The second kappa shape index (κ2) is 9.22. The third kappa shape index (κ3) is 4.73. The molecule has 0 bridgehead atoms. The Labute approximate surface area is 205 Å². The van der Waals surface area contributed by atoms with Crippen LogP contribution in [-0.4, -0.2) is 22.3 Å². The topological polar surface area (TPSA) is 73.1 Å². The summed E-state index contributed by atoms with van der Waals surface area (Å²) in [6.45, 7) is 6.63. The number of pyridine rings is 1. The fraction of sp³-hybridized carbons (Fsp3) is 0.207. The largest absolute Gasteiger partial charge is 0.480 e. The second-order valence-corrected chi connectivity index (χ2v) is 9.55. The Morgan fingerprint density at radius 3 is 2.37 bits per heavy atom. The number of ether oxygens (including phenoxy) is 1. The molecule has 0 unspecified atom stereocenters. The van der Waals surface area contributed by atoms with Crippen LogP contribution in [0.15, 0.2) is 83.6 Å².